The van der Waals surface area contributed by atoms with Crippen LogP contribution in [-0.2, 0) is 0 Å². The summed E-state index contributed by atoms with van der Waals surface area (Å²) in [5, 5.41) is 7.24. The number of nitrogens with one attached hydrogen (secondary N) is 1. The Morgan fingerprint density at radius 3 is 2.50 bits per heavy atom. The minimum Gasteiger partial charge on any atom is -0.480 e. The summed E-state index contributed by atoms with van der Waals surface area (Å²) in [5.74, 6) is -0.405. The van der Waals surface area contributed by atoms with Crippen molar-refractivity contribution in [1.82, 2.24) is 14.9 Å². The highest BCUT2D eigenvalue weighted by Gasteiger charge is 2.40. The molecule has 22 heavy (non-hydrogen) atoms. The van der Waals surface area contributed by atoms with Crippen molar-refractivity contribution in [2.24, 2.45) is 0 Å². The van der Waals surface area contributed by atoms with Crippen molar-refractivity contribution >= 4 is 11.9 Å². The van der Waals surface area contributed by atoms with Crippen LogP contribution in [0, 0.1) is 5.82 Å². The lowest BCUT2D eigenvalue weighted by Crippen LogP contribution is -2.30. The van der Waals surface area contributed by atoms with Gasteiger partial charge >= 0.3 is 6.18 Å². The highest BCUT2D eigenvalue weighted by Crippen LogP contribution is 2.35. The SMILES string of the molecule is COc1cc(SNC(c2ccc(F)cc2)C(F)(F)F)cnn1. The molecule has 4 nitrogen and oxygen atoms in total. The van der Waals surface area contributed by atoms with E-state index in [4.69, 9.17) is 4.74 Å². The Morgan fingerprint density at radius 1 is 1.23 bits per heavy atom. The van der Waals surface area contributed by atoms with E-state index in [0.717, 1.165) is 36.2 Å². The number of rotatable bonds is 5. The fourth-order valence-electron chi connectivity index (χ4n) is 1.59. The first-order valence-electron chi connectivity index (χ1n) is 6.01. The van der Waals surface area contributed by atoms with E-state index in [2.05, 4.69) is 14.9 Å². The summed E-state index contributed by atoms with van der Waals surface area (Å²) in [6, 6.07) is 3.65. The van der Waals surface area contributed by atoms with Crippen molar-refractivity contribution in [3.8, 4) is 5.88 Å². The third kappa shape index (κ3) is 4.31. The number of hydrogen-bond donors (Lipinski definition) is 1. The second-order valence-electron chi connectivity index (χ2n) is 4.18. The number of halogens is 4. The van der Waals surface area contributed by atoms with Gasteiger partial charge in [0.05, 0.1) is 13.3 Å². The second kappa shape index (κ2) is 6.93. The molecule has 0 spiro atoms. The van der Waals surface area contributed by atoms with Gasteiger partial charge in [0.2, 0.25) is 5.88 Å². The van der Waals surface area contributed by atoms with E-state index >= 15 is 0 Å². The first-order valence-corrected chi connectivity index (χ1v) is 6.83. The van der Waals surface area contributed by atoms with Crippen LogP contribution in [0.4, 0.5) is 17.6 Å². The van der Waals surface area contributed by atoms with Crippen LogP contribution in [0.2, 0.25) is 0 Å². The van der Waals surface area contributed by atoms with Crippen molar-refractivity contribution in [3.63, 3.8) is 0 Å². The monoisotopic (exact) mass is 333 g/mol. The topological polar surface area (TPSA) is 47.0 Å². The largest absolute Gasteiger partial charge is 0.480 e. The lowest BCUT2D eigenvalue weighted by molar-refractivity contribution is -0.152. The van der Waals surface area contributed by atoms with Gasteiger partial charge in [0.15, 0.2) is 0 Å². The van der Waals surface area contributed by atoms with E-state index < -0.39 is 18.0 Å². The van der Waals surface area contributed by atoms with Gasteiger partial charge in [0, 0.05) is 11.0 Å². The van der Waals surface area contributed by atoms with Gasteiger partial charge in [-0.05, 0) is 29.6 Å². The summed E-state index contributed by atoms with van der Waals surface area (Å²) in [5.41, 5.74) is -0.0876. The third-order valence-electron chi connectivity index (χ3n) is 2.64. The molecule has 2 aromatic rings. The summed E-state index contributed by atoms with van der Waals surface area (Å²) < 4.78 is 59.4. The van der Waals surface area contributed by atoms with Crippen molar-refractivity contribution < 1.29 is 22.3 Å². The number of alkyl halides is 3. The third-order valence-corrected chi connectivity index (χ3v) is 3.45. The molecule has 0 aliphatic carbocycles. The molecule has 0 saturated heterocycles. The number of aromatic nitrogens is 2. The lowest BCUT2D eigenvalue weighted by atomic mass is 10.1. The normalized spacial score (nSPS) is 13.0. The Balaban J connectivity index is 2.15. The highest BCUT2D eigenvalue weighted by molar-refractivity contribution is 7.97. The summed E-state index contributed by atoms with van der Waals surface area (Å²) in [7, 11) is 1.38. The fraction of sp³-hybridized carbons (Fsp3) is 0.231. The fourth-order valence-corrected chi connectivity index (χ4v) is 2.38. The molecule has 1 aromatic heterocycles. The molecule has 1 unspecified atom stereocenters. The van der Waals surface area contributed by atoms with Gasteiger partial charge in [-0.15, -0.1) is 5.10 Å². The molecule has 1 heterocycles. The molecule has 118 valence electrons. The average molecular weight is 333 g/mol. The van der Waals surface area contributed by atoms with E-state index in [-0.39, 0.29) is 11.4 Å². The zero-order chi connectivity index (χ0) is 16.2. The molecule has 0 fully saturated rings. The molecule has 1 N–H and O–H groups in total. The Morgan fingerprint density at radius 2 is 1.91 bits per heavy atom. The van der Waals surface area contributed by atoms with Gasteiger partial charge in [-0.25, -0.2) is 9.11 Å². The molecule has 0 amide bonds. The molecule has 1 aromatic carbocycles. The van der Waals surface area contributed by atoms with E-state index in [0.29, 0.717) is 4.90 Å². The van der Waals surface area contributed by atoms with Crippen molar-refractivity contribution in [2.75, 3.05) is 7.11 Å². The summed E-state index contributed by atoms with van der Waals surface area (Å²) in [6.07, 6.45) is -3.23. The number of methoxy groups -OCH3 is 1. The molecule has 0 aliphatic rings. The van der Waals surface area contributed by atoms with Crippen LogP contribution in [0.5, 0.6) is 5.88 Å². The van der Waals surface area contributed by atoms with Crippen LogP contribution < -0.4 is 9.46 Å². The van der Waals surface area contributed by atoms with Crippen LogP contribution in [0.15, 0.2) is 41.4 Å². The molecule has 0 aliphatic heterocycles. The van der Waals surface area contributed by atoms with Gasteiger partial charge in [-0.3, -0.25) is 0 Å². The van der Waals surface area contributed by atoms with E-state index in [1.165, 1.54) is 19.4 Å². The lowest BCUT2D eigenvalue weighted by Gasteiger charge is -2.21. The van der Waals surface area contributed by atoms with Gasteiger partial charge in [0.1, 0.15) is 11.9 Å². The van der Waals surface area contributed by atoms with Gasteiger partial charge in [0.25, 0.3) is 0 Å². The van der Waals surface area contributed by atoms with Crippen LogP contribution in [0.1, 0.15) is 11.6 Å². The second-order valence-corrected chi connectivity index (χ2v) is 5.09. The number of benzene rings is 1. The minimum atomic E-state index is -4.53. The molecular formula is C13H11F4N3OS. The molecule has 1 atom stereocenters. The van der Waals surface area contributed by atoms with E-state index in [1.54, 1.807) is 0 Å². The zero-order valence-electron chi connectivity index (χ0n) is 11.3. The van der Waals surface area contributed by atoms with Crippen LogP contribution >= 0.6 is 11.9 Å². The van der Waals surface area contributed by atoms with E-state index in [1.807, 2.05) is 0 Å². The van der Waals surface area contributed by atoms with Gasteiger partial charge in [-0.1, -0.05) is 12.1 Å². The minimum absolute atomic E-state index is 0.0876. The zero-order valence-corrected chi connectivity index (χ0v) is 12.1. The van der Waals surface area contributed by atoms with E-state index in [9.17, 15) is 17.6 Å². The van der Waals surface area contributed by atoms with Crippen LogP contribution in [0.25, 0.3) is 0 Å². The summed E-state index contributed by atoms with van der Waals surface area (Å²) >= 11 is 0.738. The maximum absolute atomic E-state index is 13.1. The van der Waals surface area contributed by atoms with Crippen molar-refractivity contribution in [3.05, 3.63) is 47.9 Å². The number of ether oxygens (including phenoxy) is 1. The Kier molecular flexibility index (Phi) is 5.19. The quantitative estimate of drug-likeness (QED) is 0.670. The smallest absolute Gasteiger partial charge is 0.408 e. The predicted octanol–water partition coefficient (Wildman–Crippen LogP) is 3.52. The van der Waals surface area contributed by atoms with Crippen LogP contribution in [-0.4, -0.2) is 23.5 Å². The van der Waals surface area contributed by atoms with Crippen LogP contribution in [0.3, 0.4) is 0 Å². The first kappa shape index (κ1) is 16.5. The Labute approximate surface area is 128 Å². The van der Waals surface area contributed by atoms with Crippen molar-refractivity contribution in [2.45, 2.75) is 17.1 Å². The average Bonchev–Trinajstić information content (AvgIpc) is 2.48. The molecule has 0 radical (unpaired) electrons. The summed E-state index contributed by atoms with van der Waals surface area (Å²) in [6.45, 7) is 0. The molecule has 2 rings (SSSR count). The van der Waals surface area contributed by atoms with Gasteiger partial charge in [-0.2, -0.15) is 18.3 Å². The molecule has 9 heteroatoms. The standard InChI is InChI=1S/C13H11F4N3OS/c1-21-11-6-10(7-18-19-11)22-20-12(13(15,16)17)8-2-4-9(14)5-3-8/h2-7,12,20H,1H3. The molecule has 0 bridgehead atoms. The summed E-state index contributed by atoms with van der Waals surface area (Å²) in [4.78, 5) is 0.406. The van der Waals surface area contributed by atoms with Gasteiger partial charge < -0.3 is 4.74 Å². The number of nitrogens with zero attached hydrogens (tertiary/aromatic N) is 2. The number of hydrogen-bond acceptors (Lipinski definition) is 5. The molecular weight excluding hydrogens is 322 g/mol. The van der Waals surface area contributed by atoms with Crippen molar-refractivity contribution in [1.29, 1.82) is 0 Å². The Bertz CT molecular complexity index is 621. The maximum Gasteiger partial charge on any atom is 0.408 e. The molecule has 0 saturated carbocycles. The maximum atomic E-state index is 13.1. The predicted molar refractivity (Wildman–Crippen MR) is 72.8 cm³/mol. The highest BCUT2D eigenvalue weighted by atomic mass is 32.2. The first-order chi connectivity index (χ1) is 10.4. The Hall–Kier alpha value is -1.87.